The predicted octanol–water partition coefficient (Wildman–Crippen LogP) is 5.61. The number of unbranched alkanes of at least 4 members (excludes halogenated alkanes) is 4. The van der Waals surface area contributed by atoms with E-state index in [0.29, 0.717) is 41.8 Å². The van der Waals surface area contributed by atoms with Crippen molar-refractivity contribution in [2.75, 3.05) is 33.9 Å². The lowest BCUT2D eigenvalue weighted by Crippen LogP contribution is -2.33. The van der Waals surface area contributed by atoms with E-state index in [1.807, 2.05) is 72.8 Å². The van der Waals surface area contributed by atoms with Crippen molar-refractivity contribution in [2.24, 2.45) is 0 Å². The molecule has 12 heteroatoms. The molecular formula is C40H49N3O9. The van der Waals surface area contributed by atoms with E-state index in [4.69, 9.17) is 19.0 Å². The Bertz CT molecular complexity index is 1580. The molecule has 0 radical (unpaired) electrons. The average Bonchev–Trinajstić information content (AvgIpc) is 3.49. The van der Waals surface area contributed by atoms with Crippen molar-refractivity contribution in [3.8, 4) is 11.5 Å². The van der Waals surface area contributed by atoms with Gasteiger partial charge in [0.2, 0.25) is 5.91 Å². The van der Waals surface area contributed by atoms with E-state index in [9.17, 15) is 24.0 Å². The minimum absolute atomic E-state index is 0.0132. The fourth-order valence-electron chi connectivity index (χ4n) is 5.88. The molecule has 1 saturated heterocycles. The number of hydroxylamine groups is 2. The Hall–Kier alpha value is -5.23. The Morgan fingerprint density at radius 1 is 0.673 bits per heavy atom. The third kappa shape index (κ3) is 10.6. The molecular weight excluding hydrogens is 666 g/mol. The Morgan fingerprint density at radius 2 is 1.19 bits per heavy atom. The Labute approximate surface area is 305 Å². The highest BCUT2D eigenvalue weighted by atomic mass is 16.7. The van der Waals surface area contributed by atoms with Gasteiger partial charge in [0.05, 0.1) is 20.6 Å². The minimum atomic E-state index is -1.01. The first-order valence-electron chi connectivity index (χ1n) is 17.9. The number of carbonyl (C=O) groups excluding carboxylic acids is 5. The molecule has 0 saturated carbocycles. The molecule has 4 rings (SSSR count). The smallest absolute Gasteiger partial charge is 0.333 e. The van der Waals surface area contributed by atoms with Gasteiger partial charge in [0, 0.05) is 44.5 Å². The van der Waals surface area contributed by atoms with Crippen LogP contribution in [-0.2, 0) is 34.4 Å². The standard InChI is InChI=1S/C40H49N3O9/c1-4-5-26-42-39(48)29-10-12-30(13-11-29)40(31-14-18-33(49-2)19-15-31,32-16-20-34(50-3)21-17-32)51-28-9-7-6-8-27-41-35(44)22-25-38(47)52-43-36(45)23-24-37(43)46/h10-21H,4-9,22-28H2,1-3H3,(H,41,44)(H,42,48). The molecule has 0 bridgehead atoms. The molecule has 3 aromatic rings. The third-order valence-corrected chi connectivity index (χ3v) is 8.83. The van der Waals surface area contributed by atoms with Gasteiger partial charge >= 0.3 is 5.97 Å². The normalized spacial score (nSPS) is 12.8. The van der Waals surface area contributed by atoms with Gasteiger partial charge in [-0.15, -0.1) is 5.06 Å². The second-order valence-electron chi connectivity index (χ2n) is 12.5. The number of nitrogens with one attached hydrogen (secondary N) is 2. The first kappa shape index (κ1) is 39.6. The highest BCUT2D eigenvalue weighted by Gasteiger charge is 2.38. The maximum Gasteiger partial charge on any atom is 0.333 e. The summed E-state index contributed by atoms with van der Waals surface area (Å²) in [5, 5.41) is 6.26. The van der Waals surface area contributed by atoms with Crippen molar-refractivity contribution < 1.29 is 43.0 Å². The highest BCUT2D eigenvalue weighted by Crippen LogP contribution is 2.42. The van der Waals surface area contributed by atoms with Crippen LogP contribution in [0.3, 0.4) is 0 Å². The number of hydrogen-bond acceptors (Lipinski definition) is 9. The van der Waals surface area contributed by atoms with Gasteiger partial charge in [0.15, 0.2) is 0 Å². The SMILES string of the molecule is CCCCNC(=O)c1ccc(C(OCCCCCCNC(=O)CCC(=O)ON2C(=O)CCC2=O)(c2ccc(OC)cc2)c2ccc(OC)cc2)cc1. The van der Waals surface area contributed by atoms with Gasteiger partial charge in [-0.3, -0.25) is 19.2 Å². The molecule has 0 aliphatic carbocycles. The number of amides is 4. The van der Waals surface area contributed by atoms with Gasteiger partial charge < -0.3 is 29.7 Å². The van der Waals surface area contributed by atoms with E-state index < -0.39 is 23.4 Å². The maximum absolute atomic E-state index is 12.8. The highest BCUT2D eigenvalue weighted by molar-refractivity contribution is 6.01. The molecule has 0 atom stereocenters. The number of carbonyl (C=O) groups is 5. The Morgan fingerprint density at radius 3 is 1.73 bits per heavy atom. The predicted molar refractivity (Wildman–Crippen MR) is 193 cm³/mol. The van der Waals surface area contributed by atoms with E-state index in [1.165, 1.54) is 0 Å². The number of methoxy groups -OCH3 is 2. The first-order valence-corrected chi connectivity index (χ1v) is 17.9. The number of ether oxygens (including phenoxy) is 3. The molecule has 12 nitrogen and oxygen atoms in total. The molecule has 52 heavy (non-hydrogen) atoms. The first-order chi connectivity index (χ1) is 25.2. The van der Waals surface area contributed by atoms with Crippen LogP contribution < -0.4 is 20.1 Å². The zero-order valence-electron chi connectivity index (χ0n) is 30.2. The number of hydrogen-bond donors (Lipinski definition) is 2. The zero-order chi connectivity index (χ0) is 37.3. The quantitative estimate of drug-likeness (QED) is 0.0816. The lowest BCUT2D eigenvalue weighted by Gasteiger charge is -2.36. The van der Waals surface area contributed by atoms with Crippen molar-refractivity contribution in [3.63, 3.8) is 0 Å². The molecule has 0 spiro atoms. The second-order valence-corrected chi connectivity index (χ2v) is 12.5. The van der Waals surface area contributed by atoms with Crippen LogP contribution in [0.15, 0.2) is 72.8 Å². The Kier molecular flexibility index (Phi) is 15.2. The Balaban J connectivity index is 1.38. The molecule has 1 heterocycles. The van der Waals surface area contributed by atoms with Gasteiger partial charge in [0.1, 0.15) is 17.1 Å². The summed E-state index contributed by atoms with van der Waals surface area (Å²) in [5.74, 6) is -0.916. The molecule has 4 amide bonds. The molecule has 3 aromatic carbocycles. The van der Waals surface area contributed by atoms with Crippen LogP contribution in [0, 0.1) is 0 Å². The summed E-state index contributed by atoms with van der Waals surface area (Å²) >= 11 is 0. The maximum atomic E-state index is 12.8. The van der Waals surface area contributed by atoms with Crippen LogP contribution in [0.2, 0.25) is 0 Å². The van der Waals surface area contributed by atoms with Crippen LogP contribution in [0.1, 0.15) is 98.2 Å². The van der Waals surface area contributed by atoms with Crippen molar-refractivity contribution in [3.05, 3.63) is 95.1 Å². The summed E-state index contributed by atoms with van der Waals surface area (Å²) < 4.78 is 17.8. The summed E-state index contributed by atoms with van der Waals surface area (Å²) in [5.41, 5.74) is 2.20. The molecule has 0 unspecified atom stereocenters. The van der Waals surface area contributed by atoms with E-state index in [0.717, 1.165) is 55.2 Å². The number of rotatable bonds is 21. The fourth-order valence-corrected chi connectivity index (χ4v) is 5.88. The minimum Gasteiger partial charge on any atom is -0.497 e. The zero-order valence-corrected chi connectivity index (χ0v) is 30.2. The van der Waals surface area contributed by atoms with E-state index in [-0.39, 0.29) is 37.5 Å². The molecule has 2 N–H and O–H groups in total. The number of imide groups is 1. The van der Waals surface area contributed by atoms with E-state index >= 15 is 0 Å². The largest absolute Gasteiger partial charge is 0.497 e. The molecule has 0 aromatic heterocycles. The molecule has 278 valence electrons. The second kappa shape index (κ2) is 20.0. The monoisotopic (exact) mass is 715 g/mol. The van der Waals surface area contributed by atoms with Crippen LogP contribution in [0.4, 0.5) is 0 Å². The molecule has 1 aliphatic rings. The van der Waals surface area contributed by atoms with Crippen LogP contribution in [-0.4, -0.2) is 68.6 Å². The van der Waals surface area contributed by atoms with Crippen molar-refractivity contribution in [1.29, 1.82) is 0 Å². The van der Waals surface area contributed by atoms with Crippen LogP contribution in [0.25, 0.3) is 0 Å². The van der Waals surface area contributed by atoms with Gasteiger partial charge in [-0.1, -0.05) is 62.6 Å². The van der Waals surface area contributed by atoms with Crippen molar-refractivity contribution in [1.82, 2.24) is 15.7 Å². The average molecular weight is 716 g/mol. The summed E-state index contributed by atoms with van der Waals surface area (Å²) in [6.07, 6.45) is 4.76. The van der Waals surface area contributed by atoms with Crippen LogP contribution >= 0.6 is 0 Å². The topological polar surface area (TPSA) is 150 Å². The lowest BCUT2D eigenvalue weighted by molar-refractivity contribution is -0.197. The lowest BCUT2D eigenvalue weighted by atomic mass is 9.79. The summed E-state index contributed by atoms with van der Waals surface area (Å²) in [6, 6.07) is 23.1. The molecule has 1 fully saturated rings. The summed E-state index contributed by atoms with van der Waals surface area (Å²) in [4.78, 5) is 65.0. The van der Waals surface area contributed by atoms with E-state index in [1.54, 1.807) is 14.2 Å². The van der Waals surface area contributed by atoms with Gasteiger partial charge in [-0.2, -0.15) is 0 Å². The van der Waals surface area contributed by atoms with Crippen molar-refractivity contribution in [2.45, 2.75) is 76.7 Å². The van der Waals surface area contributed by atoms with Gasteiger partial charge in [0.25, 0.3) is 17.7 Å². The number of benzene rings is 3. The number of nitrogens with zero attached hydrogens (tertiary/aromatic N) is 1. The van der Waals surface area contributed by atoms with Gasteiger partial charge in [-0.25, -0.2) is 4.79 Å². The van der Waals surface area contributed by atoms with Gasteiger partial charge in [-0.05, 0) is 72.4 Å². The van der Waals surface area contributed by atoms with Crippen LogP contribution in [0.5, 0.6) is 11.5 Å². The molecule has 1 aliphatic heterocycles. The fraction of sp³-hybridized carbons (Fsp3) is 0.425. The van der Waals surface area contributed by atoms with Crippen molar-refractivity contribution >= 4 is 29.6 Å². The van der Waals surface area contributed by atoms with E-state index in [2.05, 4.69) is 17.6 Å². The summed E-state index contributed by atoms with van der Waals surface area (Å²) in [6.45, 7) is 3.57. The summed E-state index contributed by atoms with van der Waals surface area (Å²) in [7, 11) is 3.25. The third-order valence-electron chi connectivity index (χ3n) is 8.83.